The molecule has 2 N–H and O–H groups in total. The number of nitrogens with zero attached hydrogens (tertiary/aromatic N) is 1. The predicted molar refractivity (Wildman–Crippen MR) is 78.5 cm³/mol. The SMILES string of the molecule is CCCCCN(CCCCC)C(=O)CC(C)(C)N. The molecule has 1 amide bonds. The second-order valence-corrected chi connectivity index (χ2v) is 5.96. The van der Waals surface area contributed by atoms with E-state index in [2.05, 4.69) is 13.8 Å². The van der Waals surface area contributed by atoms with E-state index in [1.54, 1.807) is 0 Å². The summed E-state index contributed by atoms with van der Waals surface area (Å²) in [6, 6.07) is 0. The van der Waals surface area contributed by atoms with Crippen LogP contribution in [0.25, 0.3) is 0 Å². The second kappa shape index (κ2) is 9.37. The van der Waals surface area contributed by atoms with Gasteiger partial charge in [0, 0.05) is 25.0 Å². The lowest BCUT2D eigenvalue weighted by Gasteiger charge is -2.26. The van der Waals surface area contributed by atoms with Gasteiger partial charge < -0.3 is 10.6 Å². The van der Waals surface area contributed by atoms with Gasteiger partial charge in [0.2, 0.25) is 5.91 Å². The van der Waals surface area contributed by atoms with Gasteiger partial charge in [0.05, 0.1) is 0 Å². The zero-order chi connectivity index (χ0) is 14.0. The van der Waals surface area contributed by atoms with E-state index in [4.69, 9.17) is 5.73 Å². The summed E-state index contributed by atoms with van der Waals surface area (Å²) in [6.07, 6.45) is 7.45. The van der Waals surface area contributed by atoms with Crippen LogP contribution in [0.2, 0.25) is 0 Å². The Morgan fingerprint density at radius 1 is 1.00 bits per heavy atom. The van der Waals surface area contributed by atoms with Crippen LogP contribution in [0, 0.1) is 0 Å². The predicted octanol–water partition coefficient (Wildman–Crippen LogP) is 3.32. The first-order valence-electron chi connectivity index (χ1n) is 7.47. The van der Waals surface area contributed by atoms with Gasteiger partial charge in [-0.05, 0) is 26.7 Å². The van der Waals surface area contributed by atoms with E-state index in [0.29, 0.717) is 6.42 Å². The van der Waals surface area contributed by atoms with Crippen LogP contribution in [0.3, 0.4) is 0 Å². The Balaban J connectivity index is 4.20. The molecule has 0 aromatic heterocycles. The first-order valence-corrected chi connectivity index (χ1v) is 7.47. The number of carbonyl (C=O) groups excluding carboxylic acids is 1. The largest absolute Gasteiger partial charge is 0.343 e. The molecular weight excluding hydrogens is 224 g/mol. The number of hydrogen-bond acceptors (Lipinski definition) is 2. The van der Waals surface area contributed by atoms with E-state index >= 15 is 0 Å². The number of amides is 1. The van der Waals surface area contributed by atoms with Crippen LogP contribution in [-0.2, 0) is 4.79 Å². The van der Waals surface area contributed by atoms with Crippen LogP contribution in [0.15, 0.2) is 0 Å². The first-order chi connectivity index (χ1) is 8.40. The summed E-state index contributed by atoms with van der Waals surface area (Å²) in [5.74, 6) is 0.217. The van der Waals surface area contributed by atoms with Crippen LogP contribution in [0.5, 0.6) is 0 Å². The lowest BCUT2D eigenvalue weighted by molar-refractivity contribution is -0.132. The Bertz CT molecular complexity index is 211. The highest BCUT2D eigenvalue weighted by Gasteiger charge is 2.20. The molecule has 0 aliphatic rings. The molecule has 0 aliphatic heterocycles. The van der Waals surface area contributed by atoms with Gasteiger partial charge in [0.15, 0.2) is 0 Å². The van der Waals surface area contributed by atoms with E-state index in [1.807, 2.05) is 18.7 Å². The van der Waals surface area contributed by atoms with Gasteiger partial charge in [0.1, 0.15) is 0 Å². The van der Waals surface area contributed by atoms with E-state index in [-0.39, 0.29) is 5.91 Å². The normalized spacial score (nSPS) is 11.6. The van der Waals surface area contributed by atoms with E-state index in [1.165, 1.54) is 25.7 Å². The Morgan fingerprint density at radius 2 is 1.44 bits per heavy atom. The van der Waals surface area contributed by atoms with Gasteiger partial charge >= 0.3 is 0 Å². The minimum Gasteiger partial charge on any atom is -0.343 e. The smallest absolute Gasteiger partial charge is 0.224 e. The fraction of sp³-hybridized carbons (Fsp3) is 0.933. The number of carbonyl (C=O) groups is 1. The maximum atomic E-state index is 12.2. The van der Waals surface area contributed by atoms with Crippen molar-refractivity contribution < 1.29 is 4.79 Å². The van der Waals surface area contributed by atoms with Gasteiger partial charge in [-0.1, -0.05) is 39.5 Å². The summed E-state index contributed by atoms with van der Waals surface area (Å²) in [5.41, 5.74) is 5.54. The maximum Gasteiger partial charge on any atom is 0.224 e. The molecule has 18 heavy (non-hydrogen) atoms. The van der Waals surface area contributed by atoms with Crippen LogP contribution < -0.4 is 5.73 Å². The van der Waals surface area contributed by atoms with Crippen molar-refractivity contribution >= 4 is 5.91 Å². The Hall–Kier alpha value is -0.570. The lowest BCUT2D eigenvalue weighted by atomic mass is 10.0. The lowest BCUT2D eigenvalue weighted by Crippen LogP contribution is -2.42. The van der Waals surface area contributed by atoms with Crippen molar-refractivity contribution in [2.45, 2.75) is 78.2 Å². The van der Waals surface area contributed by atoms with Gasteiger partial charge in [-0.25, -0.2) is 0 Å². The van der Waals surface area contributed by atoms with Crippen molar-refractivity contribution in [1.82, 2.24) is 4.90 Å². The summed E-state index contributed by atoms with van der Waals surface area (Å²) in [4.78, 5) is 14.2. The van der Waals surface area contributed by atoms with Crippen molar-refractivity contribution in [3.05, 3.63) is 0 Å². The highest BCUT2D eigenvalue weighted by molar-refractivity contribution is 5.77. The monoisotopic (exact) mass is 256 g/mol. The zero-order valence-corrected chi connectivity index (χ0v) is 12.8. The number of unbranched alkanes of at least 4 members (excludes halogenated alkanes) is 4. The number of hydrogen-bond donors (Lipinski definition) is 1. The Kier molecular flexibility index (Phi) is 9.08. The van der Waals surface area contributed by atoms with Gasteiger partial charge in [0.25, 0.3) is 0 Å². The molecule has 0 unspecified atom stereocenters. The van der Waals surface area contributed by atoms with Crippen LogP contribution in [-0.4, -0.2) is 29.4 Å². The van der Waals surface area contributed by atoms with Crippen molar-refractivity contribution in [2.75, 3.05) is 13.1 Å². The molecule has 108 valence electrons. The highest BCUT2D eigenvalue weighted by atomic mass is 16.2. The number of rotatable bonds is 10. The minimum atomic E-state index is -0.398. The van der Waals surface area contributed by atoms with E-state index in [0.717, 1.165) is 25.9 Å². The number of nitrogens with two attached hydrogens (primary N) is 1. The van der Waals surface area contributed by atoms with Crippen molar-refractivity contribution in [2.24, 2.45) is 5.73 Å². The van der Waals surface area contributed by atoms with Crippen LogP contribution in [0.1, 0.15) is 72.6 Å². The minimum absolute atomic E-state index is 0.217. The molecule has 3 heteroatoms. The zero-order valence-electron chi connectivity index (χ0n) is 12.8. The Morgan fingerprint density at radius 3 is 1.78 bits per heavy atom. The van der Waals surface area contributed by atoms with Crippen LogP contribution in [0.4, 0.5) is 0 Å². The maximum absolute atomic E-state index is 12.2. The van der Waals surface area contributed by atoms with Gasteiger partial charge in [-0.15, -0.1) is 0 Å². The summed E-state index contributed by atoms with van der Waals surface area (Å²) in [7, 11) is 0. The Labute approximate surface area is 113 Å². The standard InChI is InChI=1S/C15H32N2O/c1-5-7-9-11-17(12-10-8-6-2)14(18)13-15(3,4)16/h5-13,16H2,1-4H3. The molecule has 0 atom stereocenters. The summed E-state index contributed by atoms with van der Waals surface area (Å²) >= 11 is 0. The summed E-state index contributed by atoms with van der Waals surface area (Å²) in [6.45, 7) is 10.00. The molecule has 0 rings (SSSR count). The molecule has 0 radical (unpaired) electrons. The van der Waals surface area contributed by atoms with Gasteiger partial charge in [-0.2, -0.15) is 0 Å². The summed E-state index contributed by atoms with van der Waals surface area (Å²) < 4.78 is 0. The van der Waals surface area contributed by atoms with E-state index in [9.17, 15) is 4.79 Å². The molecule has 0 saturated carbocycles. The van der Waals surface area contributed by atoms with Crippen molar-refractivity contribution in [3.63, 3.8) is 0 Å². The summed E-state index contributed by atoms with van der Waals surface area (Å²) in [5, 5.41) is 0. The molecule has 0 fully saturated rings. The average molecular weight is 256 g/mol. The third-order valence-corrected chi connectivity index (χ3v) is 3.02. The quantitative estimate of drug-likeness (QED) is 0.609. The van der Waals surface area contributed by atoms with E-state index < -0.39 is 5.54 Å². The molecule has 0 aromatic rings. The first kappa shape index (κ1) is 17.4. The van der Waals surface area contributed by atoms with Crippen molar-refractivity contribution in [1.29, 1.82) is 0 Å². The molecule has 0 spiro atoms. The highest BCUT2D eigenvalue weighted by Crippen LogP contribution is 2.10. The second-order valence-electron chi connectivity index (χ2n) is 5.96. The molecule has 0 aliphatic carbocycles. The topological polar surface area (TPSA) is 46.3 Å². The van der Waals surface area contributed by atoms with Crippen LogP contribution >= 0.6 is 0 Å². The fourth-order valence-corrected chi connectivity index (χ4v) is 1.97. The third kappa shape index (κ3) is 9.46. The fourth-order valence-electron chi connectivity index (χ4n) is 1.97. The molecular formula is C15H32N2O. The molecule has 3 nitrogen and oxygen atoms in total. The molecule has 0 bridgehead atoms. The molecule has 0 saturated heterocycles. The molecule has 0 heterocycles. The van der Waals surface area contributed by atoms with Crippen molar-refractivity contribution in [3.8, 4) is 0 Å². The average Bonchev–Trinajstić information content (AvgIpc) is 2.25. The molecule has 0 aromatic carbocycles. The third-order valence-electron chi connectivity index (χ3n) is 3.02. The van der Waals surface area contributed by atoms with Gasteiger partial charge in [-0.3, -0.25) is 4.79 Å².